The average Bonchev–Trinajstić information content (AvgIpc) is 3.37. The molecule has 0 bridgehead atoms. The third-order valence-corrected chi connectivity index (χ3v) is 5.72. The molecule has 11 heteroatoms. The summed E-state index contributed by atoms with van der Waals surface area (Å²) < 4.78 is 30.2. The van der Waals surface area contributed by atoms with Crippen molar-refractivity contribution in [3.63, 3.8) is 0 Å². The molecule has 4 rings (SSSR count). The van der Waals surface area contributed by atoms with Gasteiger partial charge in [-0.05, 0) is 37.7 Å². The summed E-state index contributed by atoms with van der Waals surface area (Å²) in [6.07, 6.45) is 4.80. The van der Waals surface area contributed by atoms with Crippen LogP contribution in [0.15, 0.2) is 24.7 Å². The van der Waals surface area contributed by atoms with Crippen LogP contribution < -0.4 is 10.2 Å². The lowest BCUT2D eigenvalue weighted by Crippen LogP contribution is -2.20. The number of aromatic nitrogens is 5. The van der Waals surface area contributed by atoms with E-state index >= 15 is 0 Å². The zero-order chi connectivity index (χ0) is 22.1. The van der Waals surface area contributed by atoms with Crippen molar-refractivity contribution in [1.82, 2.24) is 24.4 Å². The van der Waals surface area contributed by atoms with E-state index in [1.165, 1.54) is 21.6 Å². The minimum absolute atomic E-state index is 0.0209. The average molecular weight is 433 g/mol. The van der Waals surface area contributed by atoms with Gasteiger partial charge >= 0.3 is 0 Å². The Bertz CT molecular complexity index is 1070. The normalized spacial score (nSPS) is 19.2. The van der Waals surface area contributed by atoms with E-state index < -0.39 is 18.0 Å². The highest BCUT2D eigenvalue weighted by Gasteiger charge is 2.27. The minimum Gasteiger partial charge on any atom is -0.396 e. The van der Waals surface area contributed by atoms with Crippen LogP contribution in [0.3, 0.4) is 0 Å². The fraction of sp³-hybridized carbons (Fsp3) is 0.500. The summed E-state index contributed by atoms with van der Waals surface area (Å²) >= 11 is 0. The SMILES string of the molecule is CN(C)c1ccn2ncc(C(=O)Nc3cn(C4CCC(CO)CC4)nc3C(F)F)c2n1. The van der Waals surface area contributed by atoms with Gasteiger partial charge in [-0.3, -0.25) is 9.48 Å². The van der Waals surface area contributed by atoms with Crippen molar-refractivity contribution in [2.75, 3.05) is 30.9 Å². The molecule has 9 nitrogen and oxygen atoms in total. The first-order valence-corrected chi connectivity index (χ1v) is 10.2. The van der Waals surface area contributed by atoms with Gasteiger partial charge in [-0.15, -0.1) is 0 Å². The van der Waals surface area contributed by atoms with E-state index in [9.17, 15) is 18.7 Å². The van der Waals surface area contributed by atoms with Crippen LogP contribution in [0.4, 0.5) is 20.3 Å². The summed E-state index contributed by atoms with van der Waals surface area (Å²) in [5, 5.41) is 20.0. The molecular formula is C20H25F2N7O2. The number of carbonyl (C=O) groups is 1. The van der Waals surface area contributed by atoms with Crippen molar-refractivity contribution in [3.05, 3.63) is 35.9 Å². The van der Waals surface area contributed by atoms with Gasteiger partial charge in [0.15, 0.2) is 11.3 Å². The van der Waals surface area contributed by atoms with Crippen molar-refractivity contribution >= 4 is 23.1 Å². The molecule has 2 N–H and O–H groups in total. The van der Waals surface area contributed by atoms with Gasteiger partial charge in [-0.25, -0.2) is 18.3 Å². The number of fused-ring (bicyclic) bond motifs is 1. The highest BCUT2D eigenvalue weighted by atomic mass is 19.3. The standard InChI is InChI=1S/C20H25F2N7O2/c1-27(2)16-7-8-28-19(25-16)14(9-23-28)20(31)24-15-10-29(26-17(15)18(21)22)13-5-3-12(11-30)4-6-13/h7-10,12-13,18,30H,3-6,11H2,1-2H3,(H,24,31). The van der Waals surface area contributed by atoms with E-state index in [1.807, 2.05) is 14.1 Å². The number of amides is 1. The van der Waals surface area contributed by atoms with E-state index in [1.54, 1.807) is 17.2 Å². The monoisotopic (exact) mass is 433 g/mol. The Morgan fingerprint density at radius 2 is 2.06 bits per heavy atom. The van der Waals surface area contributed by atoms with Crippen LogP contribution in [-0.2, 0) is 0 Å². The van der Waals surface area contributed by atoms with Gasteiger partial charge in [0.25, 0.3) is 12.3 Å². The van der Waals surface area contributed by atoms with Crippen molar-refractivity contribution in [1.29, 1.82) is 0 Å². The minimum atomic E-state index is -2.83. The highest BCUT2D eigenvalue weighted by Crippen LogP contribution is 2.34. The molecule has 31 heavy (non-hydrogen) atoms. The molecule has 166 valence electrons. The predicted molar refractivity (Wildman–Crippen MR) is 111 cm³/mol. The maximum Gasteiger partial charge on any atom is 0.284 e. The van der Waals surface area contributed by atoms with Gasteiger partial charge in [0, 0.05) is 33.1 Å². The van der Waals surface area contributed by atoms with Crippen molar-refractivity contribution in [3.8, 4) is 0 Å². The third-order valence-electron chi connectivity index (χ3n) is 5.72. The lowest BCUT2D eigenvalue weighted by Gasteiger charge is -2.27. The molecule has 3 aromatic heterocycles. The summed E-state index contributed by atoms with van der Waals surface area (Å²) in [4.78, 5) is 19.1. The van der Waals surface area contributed by atoms with E-state index in [-0.39, 0.29) is 29.8 Å². The van der Waals surface area contributed by atoms with Gasteiger partial charge < -0.3 is 15.3 Å². The number of aliphatic hydroxyl groups is 1. The number of hydrogen-bond donors (Lipinski definition) is 2. The first-order chi connectivity index (χ1) is 14.9. The quantitative estimate of drug-likeness (QED) is 0.620. The molecule has 0 spiro atoms. The summed E-state index contributed by atoms with van der Waals surface area (Å²) in [6.45, 7) is 0.138. The van der Waals surface area contributed by atoms with Crippen molar-refractivity contribution < 1.29 is 18.7 Å². The van der Waals surface area contributed by atoms with Gasteiger partial charge in [-0.1, -0.05) is 0 Å². The van der Waals surface area contributed by atoms with Crippen LogP contribution in [0.5, 0.6) is 0 Å². The van der Waals surface area contributed by atoms with Crippen LogP contribution in [0.1, 0.15) is 54.2 Å². The predicted octanol–water partition coefficient (Wildman–Crippen LogP) is 2.91. The number of nitrogens with one attached hydrogen (secondary N) is 1. The van der Waals surface area contributed by atoms with E-state index in [0.717, 1.165) is 25.7 Å². The molecule has 1 amide bonds. The van der Waals surface area contributed by atoms with Gasteiger partial charge in [-0.2, -0.15) is 10.2 Å². The fourth-order valence-electron chi connectivity index (χ4n) is 3.90. The summed E-state index contributed by atoms with van der Waals surface area (Å²) in [5.74, 6) is 0.307. The van der Waals surface area contributed by atoms with Crippen LogP contribution in [0.25, 0.3) is 5.65 Å². The number of halogens is 2. The molecule has 3 heterocycles. The van der Waals surface area contributed by atoms with Gasteiger partial charge in [0.1, 0.15) is 11.4 Å². The Hall–Kier alpha value is -3.08. The van der Waals surface area contributed by atoms with Crippen LogP contribution in [0.2, 0.25) is 0 Å². The topological polar surface area (TPSA) is 101 Å². The number of aliphatic hydroxyl groups excluding tert-OH is 1. The zero-order valence-corrected chi connectivity index (χ0v) is 17.4. The second kappa shape index (κ2) is 8.58. The van der Waals surface area contributed by atoms with Crippen molar-refractivity contribution in [2.24, 2.45) is 5.92 Å². The molecule has 0 aromatic carbocycles. The first kappa shape index (κ1) is 21.2. The Labute approximate surface area is 177 Å². The Morgan fingerprint density at radius 1 is 1.32 bits per heavy atom. The fourth-order valence-corrected chi connectivity index (χ4v) is 3.90. The molecule has 0 unspecified atom stereocenters. The summed E-state index contributed by atoms with van der Waals surface area (Å²) in [6, 6.07) is 1.72. The summed E-state index contributed by atoms with van der Waals surface area (Å²) in [7, 11) is 3.65. The van der Waals surface area contributed by atoms with Crippen LogP contribution >= 0.6 is 0 Å². The number of rotatable bonds is 6. The van der Waals surface area contributed by atoms with Crippen LogP contribution in [0, 0.1) is 5.92 Å². The number of carbonyl (C=O) groups excluding carboxylic acids is 1. The number of hydrogen-bond acceptors (Lipinski definition) is 6. The second-order valence-electron chi connectivity index (χ2n) is 8.03. The number of anilines is 2. The van der Waals surface area contributed by atoms with E-state index in [0.29, 0.717) is 11.5 Å². The maximum absolute atomic E-state index is 13.6. The molecule has 0 radical (unpaired) electrons. The Kier molecular flexibility index (Phi) is 5.86. The first-order valence-electron chi connectivity index (χ1n) is 10.2. The lowest BCUT2D eigenvalue weighted by molar-refractivity contribution is 0.102. The highest BCUT2D eigenvalue weighted by molar-refractivity contribution is 6.08. The molecule has 0 saturated heterocycles. The molecule has 1 saturated carbocycles. The largest absolute Gasteiger partial charge is 0.396 e. The third kappa shape index (κ3) is 4.22. The maximum atomic E-state index is 13.6. The van der Waals surface area contributed by atoms with Gasteiger partial charge in [0.05, 0.1) is 17.9 Å². The smallest absolute Gasteiger partial charge is 0.284 e. The molecule has 1 aliphatic carbocycles. The molecule has 1 fully saturated rings. The second-order valence-corrected chi connectivity index (χ2v) is 8.03. The molecule has 3 aromatic rings. The molecule has 0 aliphatic heterocycles. The summed E-state index contributed by atoms with van der Waals surface area (Å²) in [5.41, 5.74) is 0.0283. The van der Waals surface area contributed by atoms with Gasteiger partial charge in [0.2, 0.25) is 0 Å². The molecule has 0 atom stereocenters. The number of alkyl halides is 2. The molecular weight excluding hydrogens is 408 g/mol. The number of nitrogens with zero attached hydrogens (tertiary/aromatic N) is 6. The Morgan fingerprint density at radius 3 is 2.71 bits per heavy atom. The molecule has 1 aliphatic rings. The van der Waals surface area contributed by atoms with Crippen molar-refractivity contribution in [2.45, 2.75) is 38.2 Å². The van der Waals surface area contributed by atoms with Crippen LogP contribution in [-0.4, -0.2) is 56.1 Å². The lowest BCUT2D eigenvalue weighted by atomic mass is 9.87. The van der Waals surface area contributed by atoms with E-state index in [2.05, 4.69) is 20.5 Å². The Balaban J connectivity index is 1.59. The zero-order valence-electron chi connectivity index (χ0n) is 17.4. The van der Waals surface area contributed by atoms with E-state index in [4.69, 9.17) is 0 Å².